The Morgan fingerprint density at radius 3 is 1.70 bits per heavy atom. The van der Waals surface area contributed by atoms with Gasteiger partial charge in [-0.2, -0.15) is 0 Å². The number of nitrogens with one attached hydrogen (secondary N) is 1. The zero-order valence-corrected chi connectivity index (χ0v) is 14.1. The average Bonchev–Trinajstić information content (AvgIpc) is 2.24. The summed E-state index contributed by atoms with van der Waals surface area (Å²) >= 11 is 0. The van der Waals surface area contributed by atoms with Crippen molar-refractivity contribution in [2.24, 2.45) is 5.41 Å². The summed E-state index contributed by atoms with van der Waals surface area (Å²) in [5.41, 5.74) is 0.0110. The SMILES string of the molecule is C.COCCC(=O)C(C)(C)C.COCCNC(C)(C)C. The van der Waals surface area contributed by atoms with Gasteiger partial charge >= 0.3 is 0 Å². The Labute approximate surface area is 126 Å². The van der Waals surface area contributed by atoms with E-state index >= 15 is 0 Å². The van der Waals surface area contributed by atoms with Crippen LogP contribution in [0, 0.1) is 5.41 Å². The van der Waals surface area contributed by atoms with Crippen molar-refractivity contribution < 1.29 is 14.3 Å². The second kappa shape index (κ2) is 12.3. The normalized spacial score (nSPS) is 11.2. The van der Waals surface area contributed by atoms with Gasteiger partial charge in [-0.1, -0.05) is 28.2 Å². The van der Waals surface area contributed by atoms with E-state index in [4.69, 9.17) is 9.47 Å². The first kappa shape index (κ1) is 24.6. The van der Waals surface area contributed by atoms with Gasteiger partial charge in [0.2, 0.25) is 0 Å². The van der Waals surface area contributed by atoms with Crippen LogP contribution in [-0.4, -0.2) is 45.3 Å². The van der Waals surface area contributed by atoms with Crippen LogP contribution in [0.2, 0.25) is 0 Å². The van der Waals surface area contributed by atoms with Crippen molar-refractivity contribution in [1.29, 1.82) is 0 Å². The van der Waals surface area contributed by atoms with Crippen LogP contribution in [0.3, 0.4) is 0 Å². The molecule has 0 aliphatic rings. The molecule has 0 heterocycles. The Bertz CT molecular complexity index is 227. The van der Waals surface area contributed by atoms with Crippen LogP contribution in [0.1, 0.15) is 55.4 Å². The number of ether oxygens (including phenoxy) is 2. The number of hydrogen-bond acceptors (Lipinski definition) is 4. The summed E-state index contributed by atoms with van der Waals surface area (Å²) in [6, 6.07) is 0. The summed E-state index contributed by atoms with van der Waals surface area (Å²) in [7, 11) is 3.32. The maximum atomic E-state index is 11.1. The molecule has 0 bridgehead atoms. The molecule has 0 rings (SSSR count). The molecule has 4 nitrogen and oxygen atoms in total. The molecule has 0 aromatic rings. The zero-order valence-electron chi connectivity index (χ0n) is 14.1. The molecule has 124 valence electrons. The lowest BCUT2D eigenvalue weighted by atomic mass is 9.89. The summed E-state index contributed by atoms with van der Waals surface area (Å²) in [5, 5.41) is 3.30. The third-order valence-corrected chi connectivity index (χ3v) is 2.33. The largest absolute Gasteiger partial charge is 0.384 e. The Morgan fingerprint density at radius 1 is 0.950 bits per heavy atom. The number of carbonyl (C=O) groups excluding carboxylic acids is 1. The first-order valence-corrected chi connectivity index (χ1v) is 6.81. The molecule has 0 unspecified atom stereocenters. The molecule has 4 heteroatoms. The highest BCUT2D eigenvalue weighted by Crippen LogP contribution is 2.16. The maximum absolute atomic E-state index is 11.1. The van der Waals surface area contributed by atoms with Crippen LogP contribution < -0.4 is 5.32 Å². The first-order chi connectivity index (χ1) is 8.54. The molecule has 0 saturated heterocycles. The molecule has 0 aromatic carbocycles. The van der Waals surface area contributed by atoms with Crippen LogP contribution in [0.5, 0.6) is 0 Å². The molecule has 0 atom stereocenters. The van der Waals surface area contributed by atoms with Crippen molar-refractivity contribution >= 4 is 5.78 Å². The fourth-order valence-corrected chi connectivity index (χ4v) is 1.10. The first-order valence-electron chi connectivity index (χ1n) is 6.81. The van der Waals surface area contributed by atoms with Gasteiger partial charge in [0, 0.05) is 38.1 Å². The van der Waals surface area contributed by atoms with E-state index in [2.05, 4.69) is 26.1 Å². The molecule has 0 aliphatic heterocycles. The molecule has 1 N–H and O–H groups in total. The van der Waals surface area contributed by atoms with E-state index in [1.54, 1.807) is 14.2 Å². The van der Waals surface area contributed by atoms with E-state index in [1.807, 2.05) is 20.8 Å². The topological polar surface area (TPSA) is 47.6 Å². The highest BCUT2D eigenvalue weighted by atomic mass is 16.5. The third kappa shape index (κ3) is 19.9. The van der Waals surface area contributed by atoms with Crippen LogP contribution in [0.25, 0.3) is 0 Å². The van der Waals surface area contributed by atoms with Gasteiger partial charge in [0.1, 0.15) is 5.78 Å². The molecule has 0 radical (unpaired) electrons. The maximum Gasteiger partial charge on any atom is 0.140 e. The van der Waals surface area contributed by atoms with Crippen LogP contribution in [0.15, 0.2) is 0 Å². The number of ketones is 1. The van der Waals surface area contributed by atoms with Gasteiger partial charge in [-0.25, -0.2) is 0 Å². The van der Waals surface area contributed by atoms with E-state index in [1.165, 1.54) is 0 Å². The minimum Gasteiger partial charge on any atom is -0.384 e. The van der Waals surface area contributed by atoms with E-state index < -0.39 is 0 Å². The van der Waals surface area contributed by atoms with Crippen LogP contribution in [-0.2, 0) is 14.3 Å². The fraction of sp³-hybridized carbons (Fsp3) is 0.938. The smallest absolute Gasteiger partial charge is 0.140 e. The highest BCUT2D eigenvalue weighted by molar-refractivity contribution is 5.83. The van der Waals surface area contributed by atoms with Crippen molar-refractivity contribution in [3.63, 3.8) is 0 Å². The lowest BCUT2D eigenvalue weighted by Gasteiger charge is -2.19. The minimum atomic E-state index is -0.210. The van der Waals surface area contributed by atoms with E-state index in [0.717, 1.165) is 13.2 Å². The van der Waals surface area contributed by atoms with Gasteiger partial charge in [0.05, 0.1) is 13.2 Å². The predicted molar refractivity (Wildman–Crippen MR) is 87.3 cm³/mol. The van der Waals surface area contributed by atoms with Crippen molar-refractivity contribution in [2.75, 3.05) is 34.0 Å². The molecule has 0 fully saturated rings. The van der Waals surface area contributed by atoms with Gasteiger partial charge in [-0.15, -0.1) is 0 Å². The van der Waals surface area contributed by atoms with E-state index in [0.29, 0.717) is 13.0 Å². The number of rotatable bonds is 6. The number of methoxy groups -OCH3 is 2. The third-order valence-electron chi connectivity index (χ3n) is 2.33. The van der Waals surface area contributed by atoms with E-state index in [9.17, 15) is 4.79 Å². The monoisotopic (exact) mass is 291 g/mol. The zero-order chi connectivity index (χ0) is 15.5. The highest BCUT2D eigenvalue weighted by Gasteiger charge is 2.19. The molecule has 0 spiro atoms. The Kier molecular flexibility index (Phi) is 15.1. The lowest BCUT2D eigenvalue weighted by molar-refractivity contribution is -0.127. The Hall–Kier alpha value is -0.450. The predicted octanol–water partition coefficient (Wildman–Crippen LogP) is 3.30. The number of Topliss-reactive ketones (excluding diaryl/α,β-unsaturated/α-hetero) is 1. The number of hydrogen-bond donors (Lipinski definition) is 1. The average molecular weight is 291 g/mol. The molecular formula is C16H37NO3. The standard InChI is InChI=1S/C8H16O2.C7H17NO.CH4/c1-8(2,3)7(9)5-6-10-4;1-7(2,3)8-5-6-9-4;/h5-6H2,1-4H3;8H,5-6H2,1-4H3;1H4. The van der Waals surface area contributed by atoms with Gasteiger partial charge in [0.25, 0.3) is 0 Å². The molecule has 0 amide bonds. The van der Waals surface area contributed by atoms with Crippen LogP contribution in [0.4, 0.5) is 0 Å². The minimum absolute atomic E-state index is 0. The Balaban J connectivity index is -0.000000277. The Morgan fingerprint density at radius 2 is 1.40 bits per heavy atom. The summed E-state index contributed by atoms with van der Waals surface area (Å²) in [6.07, 6.45) is 0.528. The van der Waals surface area contributed by atoms with Gasteiger partial charge in [-0.05, 0) is 20.8 Å². The summed E-state index contributed by atoms with van der Waals surface area (Å²) in [4.78, 5) is 11.1. The summed E-state index contributed by atoms with van der Waals surface area (Å²) in [5.74, 6) is 0.259. The van der Waals surface area contributed by atoms with Crippen molar-refractivity contribution in [3.8, 4) is 0 Å². The van der Waals surface area contributed by atoms with Crippen molar-refractivity contribution in [3.05, 3.63) is 0 Å². The summed E-state index contributed by atoms with van der Waals surface area (Å²) < 4.78 is 9.66. The van der Waals surface area contributed by atoms with E-state index in [-0.39, 0.29) is 24.2 Å². The van der Waals surface area contributed by atoms with Gasteiger partial charge in [0.15, 0.2) is 0 Å². The second-order valence-corrected chi connectivity index (χ2v) is 6.59. The molecule has 0 aliphatic carbocycles. The second-order valence-electron chi connectivity index (χ2n) is 6.59. The molecule has 0 saturated carbocycles. The molecular weight excluding hydrogens is 254 g/mol. The molecule has 0 aromatic heterocycles. The quantitative estimate of drug-likeness (QED) is 0.763. The summed E-state index contributed by atoms with van der Waals surface area (Å²) in [6.45, 7) is 14.4. The van der Waals surface area contributed by atoms with Crippen molar-refractivity contribution in [2.45, 2.75) is 60.9 Å². The lowest BCUT2D eigenvalue weighted by Crippen LogP contribution is -2.37. The number of carbonyl (C=O) groups is 1. The molecule has 20 heavy (non-hydrogen) atoms. The van der Waals surface area contributed by atoms with Crippen molar-refractivity contribution in [1.82, 2.24) is 5.32 Å². The fourth-order valence-electron chi connectivity index (χ4n) is 1.10. The van der Waals surface area contributed by atoms with Gasteiger partial charge in [-0.3, -0.25) is 4.79 Å². The van der Waals surface area contributed by atoms with Crippen LogP contribution >= 0.6 is 0 Å². The van der Waals surface area contributed by atoms with Gasteiger partial charge < -0.3 is 14.8 Å².